The van der Waals surface area contributed by atoms with E-state index in [1.54, 1.807) is 6.07 Å². The van der Waals surface area contributed by atoms with Crippen molar-refractivity contribution in [3.63, 3.8) is 0 Å². The van der Waals surface area contributed by atoms with Crippen LogP contribution in [0.1, 0.15) is 11.4 Å². The van der Waals surface area contributed by atoms with Crippen molar-refractivity contribution < 1.29 is 8.42 Å². The van der Waals surface area contributed by atoms with Crippen molar-refractivity contribution in [3.8, 4) is 6.07 Å². The summed E-state index contributed by atoms with van der Waals surface area (Å²) in [5.74, 6) is 0.184. The number of hydrogen-bond donors (Lipinski definition) is 2. The first-order valence-corrected chi connectivity index (χ1v) is 6.80. The molecule has 8 nitrogen and oxygen atoms in total. The summed E-state index contributed by atoms with van der Waals surface area (Å²) < 4.78 is 26.4. The van der Waals surface area contributed by atoms with E-state index in [1.165, 1.54) is 18.2 Å². The Morgan fingerprint density at radius 3 is 2.89 bits per heavy atom. The average Bonchev–Trinajstić information content (AvgIpc) is 2.89. The third kappa shape index (κ3) is 3.05. The summed E-state index contributed by atoms with van der Waals surface area (Å²) in [4.78, 5) is -0.189. The maximum atomic E-state index is 12.1. The fraction of sp³-hybridized carbons (Fsp3) is 0.111. The molecule has 2 rings (SSSR count). The Labute approximate surface area is 113 Å². The van der Waals surface area contributed by atoms with Crippen molar-refractivity contribution in [1.82, 2.24) is 25.3 Å². The first-order valence-electron chi connectivity index (χ1n) is 4.94. The molecular weight excluding hydrogens is 292 g/mol. The molecule has 0 radical (unpaired) electrons. The highest BCUT2D eigenvalue weighted by Gasteiger charge is 2.19. The fourth-order valence-corrected chi connectivity index (χ4v) is 2.70. The summed E-state index contributed by atoms with van der Waals surface area (Å²) in [5, 5.41) is 21.8. The molecule has 98 valence electrons. The van der Waals surface area contributed by atoms with Gasteiger partial charge in [0.1, 0.15) is 11.0 Å². The van der Waals surface area contributed by atoms with Crippen molar-refractivity contribution in [3.05, 3.63) is 34.6 Å². The lowest BCUT2D eigenvalue weighted by atomic mass is 10.2. The Bertz CT molecular complexity index is 722. The summed E-state index contributed by atoms with van der Waals surface area (Å²) >= 11 is 5.74. The molecule has 0 amide bonds. The second-order valence-corrected chi connectivity index (χ2v) is 5.58. The third-order valence-electron chi connectivity index (χ3n) is 2.16. The Morgan fingerprint density at radius 2 is 2.26 bits per heavy atom. The molecule has 0 unspecified atom stereocenters. The standard InChI is InChI=1S/C9H7ClN6O2S/c10-7-2-1-6(4-11)8(3-7)19(17,18)12-5-9-13-15-16-14-9/h1-3,12H,5H2,(H,13,14,15,16). The van der Waals surface area contributed by atoms with Crippen LogP contribution >= 0.6 is 11.6 Å². The van der Waals surface area contributed by atoms with E-state index in [9.17, 15) is 8.42 Å². The van der Waals surface area contributed by atoms with Gasteiger partial charge in [-0.1, -0.05) is 16.8 Å². The minimum absolute atomic E-state index is 0.00464. The molecule has 0 aliphatic rings. The number of nitrogens with zero attached hydrogens (tertiary/aromatic N) is 4. The topological polar surface area (TPSA) is 124 Å². The SMILES string of the molecule is N#Cc1ccc(Cl)cc1S(=O)(=O)NCc1nn[nH]n1. The number of rotatable bonds is 4. The van der Waals surface area contributed by atoms with E-state index in [2.05, 4.69) is 25.3 Å². The average molecular weight is 299 g/mol. The summed E-state index contributed by atoms with van der Waals surface area (Å²) in [6, 6.07) is 5.78. The highest BCUT2D eigenvalue weighted by Crippen LogP contribution is 2.20. The third-order valence-corrected chi connectivity index (χ3v) is 3.84. The van der Waals surface area contributed by atoms with Crippen molar-refractivity contribution in [2.24, 2.45) is 0 Å². The van der Waals surface area contributed by atoms with Gasteiger partial charge in [0.15, 0.2) is 5.82 Å². The second-order valence-electron chi connectivity index (χ2n) is 3.40. The van der Waals surface area contributed by atoms with Gasteiger partial charge in [0.2, 0.25) is 10.0 Å². The van der Waals surface area contributed by atoms with Crippen molar-refractivity contribution >= 4 is 21.6 Å². The van der Waals surface area contributed by atoms with E-state index in [0.29, 0.717) is 0 Å². The van der Waals surface area contributed by atoms with Gasteiger partial charge in [-0.15, -0.1) is 10.2 Å². The number of aromatic amines is 1. The number of aromatic nitrogens is 4. The number of benzene rings is 1. The van der Waals surface area contributed by atoms with Gasteiger partial charge in [0.05, 0.1) is 12.1 Å². The first kappa shape index (κ1) is 13.4. The molecule has 2 aromatic rings. The Balaban J connectivity index is 2.29. The number of nitrogens with one attached hydrogen (secondary N) is 2. The Kier molecular flexibility index (Phi) is 3.75. The molecule has 0 aliphatic carbocycles. The van der Waals surface area contributed by atoms with Crippen LogP contribution in [0.3, 0.4) is 0 Å². The molecule has 1 aromatic carbocycles. The molecule has 19 heavy (non-hydrogen) atoms. The maximum absolute atomic E-state index is 12.1. The van der Waals surface area contributed by atoms with Gasteiger partial charge in [-0.05, 0) is 18.2 Å². The number of sulfonamides is 1. The van der Waals surface area contributed by atoms with Gasteiger partial charge < -0.3 is 0 Å². The predicted molar refractivity (Wildman–Crippen MR) is 64.4 cm³/mol. The molecule has 1 aromatic heterocycles. The van der Waals surface area contributed by atoms with Gasteiger partial charge in [-0.25, -0.2) is 13.1 Å². The number of nitriles is 1. The van der Waals surface area contributed by atoms with Crippen LogP contribution < -0.4 is 4.72 Å². The van der Waals surface area contributed by atoms with Gasteiger partial charge in [-0.2, -0.15) is 10.5 Å². The molecule has 2 N–H and O–H groups in total. The van der Waals surface area contributed by atoms with E-state index in [0.717, 1.165) is 0 Å². The van der Waals surface area contributed by atoms with Crippen LogP contribution in [0.15, 0.2) is 23.1 Å². The lowest BCUT2D eigenvalue weighted by Gasteiger charge is -2.06. The van der Waals surface area contributed by atoms with E-state index < -0.39 is 10.0 Å². The molecule has 0 saturated heterocycles. The van der Waals surface area contributed by atoms with E-state index in [4.69, 9.17) is 16.9 Å². The molecule has 0 spiro atoms. The highest BCUT2D eigenvalue weighted by atomic mass is 35.5. The zero-order chi connectivity index (χ0) is 13.9. The number of tetrazole rings is 1. The van der Waals surface area contributed by atoms with Crippen LogP contribution in [0, 0.1) is 11.3 Å². The van der Waals surface area contributed by atoms with Crippen LogP contribution in [-0.2, 0) is 16.6 Å². The quantitative estimate of drug-likeness (QED) is 0.831. The molecule has 1 heterocycles. The van der Waals surface area contributed by atoms with Gasteiger partial charge in [-0.3, -0.25) is 0 Å². The van der Waals surface area contributed by atoms with E-state index in [-0.39, 0.29) is 27.9 Å². The molecule has 0 fully saturated rings. The Morgan fingerprint density at radius 1 is 1.47 bits per heavy atom. The molecule has 0 saturated carbocycles. The maximum Gasteiger partial charge on any atom is 0.242 e. The molecule has 0 bridgehead atoms. The zero-order valence-corrected chi connectivity index (χ0v) is 10.9. The second kappa shape index (κ2) is 5.31. The largest absolute Gasteiger partial charge is 0.242 e. The highest BCUT2D eigenvalue weighted by molar-refractivity contribution is 7.89. The lowest BCUT2D eigenvalue weighted by Crippen LogP contribution is -2.24. The van der Waals surface area contributed by atoms with Gasteiger partial charge >= 0.3 is 0 Å². The van der Waals surface area contributed by atoms with Gasteiger partial charge in [0, 0.05) is 5.02 Å². The normalized spacial score (nSPS) is 11.2. The summed E-state index contributed by atoms with van der Waals surface area (Å²) in [6.45, 7) is -0.143. The zero-order valence-electron chi connectivity index (χ0n) is 9.33. The first-order chi connectivity index (χ1) is 9.03. The molecule has 10 heteroatoms. The fourth-order valence-electron chi connectivity index (χ4n) is 1.31. The van der Waals surface area contributed by atoms with Crippen molar-refractivity contribution in [2.45, 2.75) is 11.4 Å². The van der Waals surface area contributed by atoms with E-state index in [1.807, 2.05) is 0 Å². The monoisotopic (exact) mass is 298 g/mol. The molecule has 0 atom stereocenters. The number of halogens is 1. The van der Waals surface area contributed by atoms with E-state index >= 15 is 0 Å². The van der Waals surface area contributed by atoms with Crippen LogP contribution in [0.2, 0.25) is 5.02 Å². The molecular formula is C9H7ClN6O2S. The minimum atomic E-state index is -3.88. The molecule has 0 aliphatic heterocycles. The smallest absolute Gasteiger partial charge is 0.207 e. The van der Waals surface area contributed by atoms with Crippen molar-refractivity contribution in [2.75, 3.05) is 0 Å². The summed E-state index contributed by atoms with van der Waals surface area (Å²) in [6.07, 6.45) is 0. The van der Waals surface area contributed by atoms with Crippen LogP contribution in [0.4, 0.5) is 0 Å². The van der Waals surface area contributed by atoms with Crippen LogP contribution in [0.25, 0.3) is 0 Å². The summed E-state index contributed by atoms with van der Waals surface area (Å²) in [7, 11) is -3.88. The predicted octanol–water partition coefficient (Wildman–Crippen LogP) is 0.203. The van der Waals surface area contributed by atoms with Crippen molar-refractivity contribution in [1.29, 1.82) is 5.26 Å². The van der Waals surface area contributed by atoms with Crippen LogP contribution in [0.5, 0.6) is 0 Å². The number of hydrogen-bond acceptors (Lipinski definition) is 6. The Hall–Kier alpha value is -2.02. The minimum Gasteiger partial charge on any atom is -0.207 e. The number of H-pyrrole nitrogens is 1. The van der Waals surface area contributed by atoms with Gasteiger partial charge in [0.25, 0.3) is 0 Å². The summed E-state index contributed by atoms with van der Waals surface area (Å²) in [5.41, 5.74) is 0.00464. The van der Waals surface area contributed by atoms with Crippen LogP contribution in [-0.4, -0.2) is 29.0 Å². The lowest BCUT2D eigenvalue weighted by molar-refractivity contribution is 0.579.